The molecule has 94 valence electrons. The van der Waals surface area contributed by atoms with Crippen LogP contribution in [0.15, 0.2) is 0 Å². The first kappa shape index (κ1) is 12.3. The zero-order valence-electron chi connectivity index (χ0n) is 10.6. The van der Waals surface area contributed by atoms with Crippen LogP contribution in [0.4, 0.5) is 0 Å². The Hall–Kier alpha value is -0.120. The molecule has 1 atom stereocenters. The van der Waals surface area contributed by atoms with Crippen LogP contribution in [-0.2, 0) is 4.74 Å². The number of rotatable bonds is 7. The van der Waals surface area contributed by atoms with Crippen molar-refractivity contribution >= 4 is 0 Å². The SMILES string of the molecule is CCNCC1CCCN(COCC2CC2)C1. The molecular formula is C13H26N2O. The standard InChI is InChI=1S/C13H26N2O/c1-2-14-8-13-4-3-7-15(9-13)11-16-10-12-5-6-12/h12-14H,2-11H2,1H3. The van der Waals surface area contributed by atoms with Crippen molar-refractivity contribution < 1.29 is 4.74 Å². The first-order chi connectivity index (χ1) is 7.88. The lowest BCUT2D eigenvalue weighted by Gasteiger charge is -2.32. The van der Waals surface area contributed by atoms with Gasteiger partial charge in [-0.25, -0.2) is 0 Å². The van der Waals surface area contributed by atoms with Gasteiger partial charge in [0.1, 0.15) is 0 Å². The second-order valence-corrected chi connectivity index (χ2v) is 5.34. The van der Waals surface area contributed by atoms with E-state index >= 15 is 0 Å². The highest BCUT2D eigenvalue weighted by molar-refractivity contribution is 4.74. The van der Waals surface area contributed by atoms with Crippen LogP contribution < -0.4 is 5.32 Å². The fourth-order valence-electron chi connectivity index (χ4n) is 2.42. The van der Waals surface area contributed by atoms with E-state index in [0.717, 1.165) is 31.7 Å². The monoisotopic (exact) mass is 226 g/mol. The van der Waals surface area contributed by atoms with Crippen LogP contribution in [0.2, 0.25) is 0 Å². The highest BCUT2D eigenvalue weighted by atomic mass is 16.5. The third kappa shape index (κ3) is 4.40. The van der Waals surface area contributed by atoms with Gasteiger partial charge in [0, 0.05) is 13.1 Å². The lowest BCUT2D eigenvalue weighted by Crippen LogP contribution is -2.40. The summed E-state index contributed by atoms with van der Waals surface area (Å²) in [5.41, 5.74) is 0. The van der Waals surface area contributed by atoms with Crippen molar-refractivity contribution in [3.63, 3.8) is 0 Å². The van der Waals surface area contributed by atoms with Gasteiger partial charge in [-0.3, -0.25) is 4.90 Å². The Morgan fingerprint density at radius 1 is 1.25 bits per heavy atom. The highest BCUT2D eigenvalue weighted by Gasteiger charge is 2.23. The van der Waals surface area contributed by atoms with Gasteiger partial charge in [-0.1, -0.05) is 6.92 Å². The number of nitrogens with zero attached hydrogens (tertiary/aromatic N) is 1. The third-order valence-electron chi connectivity index (χ3n) is 3.61. The van der Waals surface area contributed by atoms with Gasteiger partial charge < -0.3 is 10.1 Å². The molecule has 3 heteroatoms. The normalized spacial score (nSPS) is 27.2. The Morgan fingerprint density at radius 2 is 2.12 bits per heavy atom. The van der Waals surface area contributed by atoms with Crippen LogP contribution in [0.25, 0.3) is 0 Å². The largest absolute Gasteiger partial charge is 0.366 e. The highest BCUT2D eigenvalue weighted by Crippen LogP contribution is 2.28. The van der Waals surface area contributed by atoms with Crippen molar-refractivity contribution in [3.8, 4) is 0 Å². The summed E-state index contributed by atoms with van der Waals surface area (Å²) >= 11 is 0. The Kier molecular flexibility index (Phi) is 5.07. The maximum absolute atomic E-state index is 5.76. The molecule has 0 spiro atoms. The van der Waals surface area contributed by atoms with Crippen LogP contribution >= 0.6 is 0 Å². The molecule has 0 amide bonds. The van der Waals surface area contributed by atoms with E-state index in [1.165, 1.54) is 45.3 Å². The molecule has 0 radical (unpaired) electrons. The van der Waals surface area contributed by atoms with Crippen LogP contribution in [0, 0.1) is 11.8 Å². The minimum atomic E-state index is 0.832. The van der Waals surface area contributed by atoms with E-state index < -0.39 is 0 Å². The number of piperidine rings is 1. The summed E-state index contributed by atoms with van der Waals surface area (Å²) in [7, 11) is 0. The van der Waals surface area contributed by atoms with E-state index in [1.807, 2.05) is 0 Å². The topological polar surface area (TPSA) is 24.5 Å². The van der Waals surface area contributed by atoms with Gasteiger partial charge in [-0.05, 0) is 50.6 Å². The lowest BCUT2D eigenvalue weighted by molar-refractivity contribution is 0.00249. The minimum Gasteiger partial charge on any atom is -0.366 e. The second-order valence-electron chi connectivity index (χ2n) is 5.34. The summed E-state index contributed by atoms with van der Waals surface area (Å²) in [6.45, 7) is 8.75. The van der Waals surface area contributed by atoms with E-state index in [4.69, 9.17) is 4.74 Å². The molecule has 16 heavy (non-hydrogen) atoms. The number of ether oxygens (including phenoxy) is 1. The number of likely N-dealkylation sites (tertiary alicyclic amines) is 1. The van der Waals surface area contributed by atoms with Crippen molar-refractivity contribution in [1.82, 2.24) is 10.2 Å². The fourth-order valence-corrected chi connectivity index (χ4v) is 2.42. The van der Waals surface area contributed by atoms with Crippen LogP contribution in [0.5, 0.6) is 0 Å². The Labute approximate surface area is 99.5 Å². The zero-order valence-corrected chi connectivity index (χ0v) is 10.6. The molecule has 3 nitrogen and oxygen atoms in total. The summed E-state index contributed by atoms with van der Waals surface area (Å²) in [6, 6.07) is 0. The zero-order chi connectivity index (χ0) is 11.2. The molecule has 1 heterocycles. The first-order valence-electron chi connectivity index (χ1n) is 6.89. The molecule has 1 saturated heterocycles. The maximum atomic E-state index is 5.76. The van der Waals surface area contributed by atoms with E-state index in [1.54, 1.807) is 0 Å². The molecule has 2 aliphatic rings. The molecule has 1 N–H and O–H groups in total. The van der Waals surface area contributed by atoms with E-state index in [-0.39, 0.29) is 0 Å². The average molecular weight is 226 g/mol. The van der Waals surface area contributed by atoms with Crippen molar-refractivity contribution in [2.45, 2.75) is 32.6 Å². The summed E-state index contributed by atoms with van der Waals surface area (Å²) in [4.78, 5) is 2.48. The van der Waals surface area contributed by atoms with Crippen LogP contribution in [0.1, 0.15) is 32.6 Å². The van der Waals surface area contributed by atoms with Gasteiger partial charge >= 0.3 is 0 Å². The Morgan fingerprint density at radius 3 is 2.88 bits per heavy atom. The summed E-state index contributed by atoms with van der Waals surface area (Å²) in [6.07, 6.45) is 5.50. The molecule has 0 aromatic heterocycles. The predicted octanol–water partition coefficient (Wildman–Crippen LogP) is 1.69. The quantitative estimate of drug-likeness (QED) is 0.715. The molecule has 0 aromatic carbocycles. The summed E-state index contributed by atoms with van der Waals surface area (Å²) in [5, 5.41) is 3.46. The molecule has 1 aliphatic carbocycles. The number of hydrogen-bond donors (Lipinski definition) is 1. The maximum Gasteiger partial charge on any atom is 0.0990 e. The smallest absolute Gasteiger partial charge is 0.0990 e. The van der Waals surface area contributed by atoms with E-state index in [2.05, 4.69) is 17.1 Å². The van der Waals surface area contributed by atoms with Gasteiger partial charge in [0.25, 0.3) is 0 Å². The van der Waals surface area contributed by atoms with Gasteiger partial charge in [-0.2, -0.15) is 0 Å². The fraction of sp³-hybridized carbons (Fsp3) is 1.00. The Balaban J connectivity index is 1.57. The molecule has 0 aromatic rings. The molecule has 0 bridgehead atoms. The second kappa shape index (κ2) is 6.58. The lowest BCUT2D eigenvalue weighted by atomic mass is 9.98. The first-order valence-corrected chi connectivity index (χ1v) is 6.89. The summed E-state index contributed by atoms with van der Waals surface area (Å²) < 4.78 is 5.76. The van der Waals surface area contributed by atoms with Gasteiger partial charge in [0.15, 0.2) is 0 Å². The third-order valence-corrected chi connectivity index (χ3v) is 3.61. The van der Waals surface area contributed by atoms with E-state index in [0.29, 0.717) is 0 Å². The molecule has 2 rings (SSSR count). The molecular weight excluding hydrogens is 200 g/mol. The van der Waals surface area contributed by atoms with Crippen LogP contribution in [0.3, 0.4) is 0 Å². The van der Waals surface area contributed by atoms with Crippen molar-refractivity contribution in [3.05, 3.63) is 0 Å². The molecule has 1 saturated carbocycles. The van der Waals surface area contributed by atoms with E-state index in [9.17, 15) is 0 Å². The predicted molar refractivity (Wildman–Crippen MR) is 66.4 cm³/mol. The van der Waals surface area contributed by atoms with Crippen LogP contribution in [-0.4, -0.2) is 44.4 Å². The Bertz CT molecular complexity index is 194. The van der Waals surface area contributed by atoms with Gasteiger partial charge in [0.2, 0.25) is 0 Å². The minimum absolute atomic E-state index is 0.832. The summed E-state index contributed by atoms with van der Waals surface area (Å²) in [5.74, 6) is 1.72. The molecule has 1 aliphatic heterocycles. The molecule has 1 unspecified atom stereocenters. The van der Waals surface area contributed by atoms with Gasteiger partial charge in [-0.15, -0.1) is 0 Å². The number of hydrogen-bond acceptors (Lipinski definition) is 3. The average Bonchev–Trinajstić information content (AvgIpc) is 3.11. The van der Waals surface area contributed by atoms with Gasteiger partial charge in [0.05, 0.1) is 13.3 Å². The van der Waals surface area contributed by atoms with Crippen molar-refractivity contribution in [1.29, 1.82) is 0 Å². The number of nitrogens with one attached hydrogen (secondary N) is 1. The molecule has 2 fully saturated rings. The van der Waals surface area contributed by atoms with Crippen molar-refractivity contribution in [2.24, 2.45) is 11.8 Å². The van der Waals surface area contributed by atoms with Crippen molar-refractivity contribution in [2.75, 3.05) is 39.5 Å².